The predicted octanol–water partition coefficient (Wildman–Crippen LogP) is 3.87. The Morgan fingerprint density at radius 1 is 0.880 bits per heavy atom. The van der Waals surface area contributed by atoms with Gasteiger partial charge >= 0.3 is 6.18 Å². The monoisotopic (exact) mass is 341 g/mol. The van der Waals surface area contributed by atoms with Crippen molar-refractivity contribution >= 4 is 5.78 Å². The maximum atomic E-state index is 12.8. The SMILES string of the molecule is FC(F)(F)c1ccn2c(-c3cccc(-c4cccnc4)n3)cnc2n1. The number of pyridine rings is 2. The van der Waals surface area contributed by atoms with Gasteiger partial charge in [0.25, 0.3) is 0 Å². The Hall–Kier alpha value is -3.29. The average molecular weight is 341 g/mol. The molecule has 0 fully saturated rings. The van der Waals surface area contributed by atoms with Crippen molar-refractivity contribution in [3.05, 3.63) is 66.9 Å². The van der Waals surface area contributed by atoms with Gasteiger partial charge in [-0.1, -0.05) is 6.07 Å². The zero-order valence-corrected chi connectivity index (χ0v) is 12.6. The van der Waals surface area contributed by atoms with Crippen molar-refractivity contribution < 1.29 is 13.2 Å². The summed E-state index contributed by atoms with van der Waals surface area (Å²) in [5.74, 6) is -0.0293. The fourth-order valence-electron chi connectivity index (χ4n) is 2.47. The van der Waals surface area contributed by atoms with E-state index in [4.69, 9.17) is 0 Å². The Bertz CT molecular complexity index is 1040. The number of halogens is 3. The van der Waals surface area contributed by atoms with Crippen LogP contribution in [-0.2, 0) is 6.18 Å². The molecule has 0 spiro atoms. The highest BCUT2D eigenvalue weighted by Crippen LogP contribution is 2.29. The molecule has 0 aliphatic carbocycles. The molecule has 0 unspecified atom stereocenters. The maximum absolute atomic E-state index is 12.8. The Morgan fingerprint density at radius 3 is 2.48 bits per heavy atom. The quantitative estimate of drug-likeness (QED) is 0.555. The van der Waals surface area contributed by atoms with Crippen LogP contribution in [0.3, 0.4) is 0 Å². The number of imidazole rings is 1. The molecule has 4 heterocycles. The summed E-state index contributed by atoms with van der Waals surface area (Å²) in [5.41, 5.74) is 1.71. The van der Waals surface area contributed by atoms with Crippen LogP contribution in [0.1, 0.15) is 5.69 Å². The first-order valence-corrected chi connectivity index (χ1v) is 7.31. The molecule has 0 aliphatic rings. The van der Waals surface area contributed by atoms with Gasteiger partial charge in [-0.25, -0.2) is 15.0 Å². The van der Waals surface area contributed by atoms with E-state index in [2.05, 4.69) is 19.9 Å². The lowest BCUT2D eigenvalue weighted by molar-refractivity contribution is -0.141. The van der Waals surface area contributed by atoms with Crippen LogP contribution in [0.2, 0.25) is 0 Å². The average Bonchev–Trinajstić information content (AvgIpc) is 3.05. The molecule has 0 saturated heterocycles. The topological polar surface area (TPSA) is 56.0 Å². The van der Waals surface area contributed by atoms with Crippen LogP contribution < -0.4 is 0 Å². The van der Waals surface area contributed by atoms with Crippen molar-refractivity contribution in [2.45, 2.75) is 6.18 Å². The third-order valence-electron chi connectivity index (χ3n) is 3.64. The third kappa shape index (κ3) is 2.82. The highest BCUT2D eigenvalue weighted by molar-refractivity contribution is 5.64. The summed E-state index contributed by atoms with van der Waals surface area (Å²) >= 11 is 0. The molecule has 4 aromatic rings. The summed E-state index contributed by atoms with van der Waals surface area (Å²) in [7, 11) is 0. The number of alkyl halides is 3. The Morgan fingerprint density at radius 2 is 1.72 bits per heavy atom. The summed E-state index contributed by atoms with van der Waals surface area (Å²) in [6.45, 7) is 0. The summed E-state index contributed by atoms with van der Waals surface area (Å²) in [4.78, 5) is 16.2. The first-order valence-electron chi connectivity index (χ1n) is 7.31. The molecule has 8 heteroatoms. The third-order valence-corrected chi connectivity index (χ3v) is 3.64. The molecule has 0 bridgehead atoms. The van der Waals surface area contributed by atoms with Crippen molar-refractivity contribution in [1.29, 1.82) is 0 Å². The lowest BCUT2D eigenvalue weighted by Crippen LogP contribution is -2.09. The molecule has 0 aromatic carbocycles. The van der Waals surface area contributed by atoms with Crippen LogP contribution in [0, 0.1) is 0 Å². The van der Waals surface area contributed by atoms with Crippen LogP contribution >= 0.6 is 0 Å². The Kier molecular flexibility index (Phi) is 3.45. The van der Waals surface area contributed by atoms with Gasteiger partial charge < -0.3 is 0 Å². The minimum absolute atomic E-state index is 0.0293. The van der Waals surface area contributed by atoms with E-state index in [-0.39, 0.29) is 5.78 Å². The number of aromatic nitrogens is 5. The lowest BCUT2D eigenvalue weighted by Gasteiger charge is -2.07. The fourth-order valence-corrected chi connectivity index (χ4v) is 2.47. The molecular formula is C17H10F3N5. The smallest absolute Gasteiger partial charge is 0.282 e. The maximum Gasteiger partial charge on any atom is 0.433 e. The van der Waals surface area contributed by atoms with E-state index < -0.39 is 11.9 Å². The Balaban J connectivity index is 1.80. The van der Waals surface area contributed by atoms with Gasteiger partial charge in [0.1, 0.15) is 5.69 Å². The summed E-state index contributed by atoms with van der Waals surface area (Å²) < 4.78 is 39.8. The normalized spacial score (nSPS) is 11.8. The van der Waals surface area contributed by atoms with Gasteiger partial charge in [0.05, 0.1) is 23.3 Å². The van der Waals surface area contributed by atoms with Crippen molar-refractivity contribution in [3.63, 3.8) is 0 Å². The molecule has 0 N–H and O–H groups in total. The van der Waals surface area contributed by atoms with E-state index >= 15 is 0 Å². The molecule has 4 aromatic heterocycles. The zero-order chi connectivity index (χ0) is 17.4. The number of fused-ring (bicyclic) bond motifs is 1. The highest BCUT2D eigenvalue weighted by atomic mass is 19.4. The molecule has 0 radical (unpaired) electrons. The molecule has 0 atom stereocenters. The van der Waals surface area contributed by atoms with Crippen LogP contribution in [0.5, 0.6) is 0 Å². The van der Waals surface area contributed by atoms with E-state index in [1.54, 1.807) is 24.5 Å². The lowest BCUT2D eigenvalue weighted by atomic mass is 10.1. The predicted molar refractivity (Wildman–Crippen MR) is 84.5 cm³/mol. The molecule has 25 heavy (non-hydrogen) atoms. The van der Waals surface area contributed by atoms with E-state index in [9.17, 15) is 13.2 Å². The number of hydrogen-bond acceptors (Lipinski definition) is 4. The molecule has 124 valence electrons. The van der Waals surface area contributed by atoms with Gasteiger partial charge in [-0.05, 0) is 30.3 Å². The fraction of sp³-hybridized carbons (Fsp3) is 0.0588. The Labute approximate surface area is 139 Å². The van der Waals surface area contributed by atoms with Crippen molar-refractivity contribution in [3.8, 4) is 22.6 Å². The van der Waals surface area contributed by atoms with Crippen LogP contribution in [0.15, 0.2) is 61.2 Å². The van der Waals surface area contributed by atoms with Gasteiger partial charge in [-0.15, -0.1) is 0 Å². The second kappa shape index (κ2) is 5.66. The summed E-state index contributed by atoms with van der Waals surface area (Å²) in [6.07, 6.45) is 1.61. The van der Waals surface area contributed by atoms with Crippen molar-refractivity contribution in [2.24, 2.45) is 0 Å². The molecule has 4 rings (SSSR count). The highest BCUT2D eigenvalue weighted by Gasteiger charge is 2.33. The second-order valence-corrected chi connectivity index (χ2v) is 5.27. The zero-order valence-electron chi connectivity index (χ0n) is 12.6. The van der Waals surface area contributed by atoms with Gasteiger partial charge in [0.2, 0.25) is 5.78 Å². The van der Waals surface area contributed by atoms with Gasteiger partial charge in [-0.2, -0.15) is 13.2 Å². The molecule has 0 saturated carbocycles. The number of nitrogens with zero attached hydrogens (tertiary/aromatic N) is 5. The van der Waals surface area contributed by atoms with E-state index in [1.807, 2.05) is 18.2 Å². The van der Waals surface area contributed by atoms with Crippen molar-refractivity contribution in [2.75, 3.05) is 0 Å². The molecule has 5 nitrogen and oxygen atoms in total. The van der Waals surface area contributed by atoms with Gasteiger partial charge in [0.15, 0.2) is 0 Å². The number of rotatable bonds is 2. The van der Waals surface area contributed by atoms with Crippen molar-refractivity contribution in [1.82, 2.24) is 24.3 Å². The molecule has 0 amide bonds. The largest absolute Gasteiger partial charge is 0.433 e. The van der Waals surface area contributed by atoms with Crippen LogP contribution in [0.25, 0.3) is 28.4 Å². The van der Waals surface area contributed by atoms with E-state index in [0.717, 1.165) is 11.6 Å². The van der Waals surface area contributed by atoms with Crippen LogP contribution in [-0.4, -0.2) is 24.3 Å². The summed E-state index contributed by atoms with van der Waals surface area (Å²) in [5, 5.41) is 0. The first-order chi connectivity index (χ1) is 12.0. The minimum Gasteiger partial charge on any atom is -0.282 e. The second-order valence-electron chi connectivity index (χ2n) is 5.27. The summed E-state index contributed by atoms with van der Waals surface area (Å²) in [6, 6.07) is 10.0. The molecular weight excluding hydrogens is 331 g/mol. The molecule has 0 aliphatic heterocycles. The van der Waals surface area contributed by atoms with Crippen LogP contribution in [0.4, 0.5) is 13.2 Å². The van der Waals surface area contributed by atoms with Gasteiger partial charge in [0, 0.05) is 24.2 Å². The first kappa shape index (κ1) is 15.3. The van der Waals surface area contributed by atoms with E-state index in [1.165, 1.54) is 16.8 Å². The van der Waals surface area contributed by atoms with Gasteiger partial charge in [-0.3, -0.25) is 9.38 Å². The standard InChI is InChI=1S/C17H10F3N5/c18-17(19,20)15-6-8-25-14(10-22-16(25)24-15)13-5-1-4-12(23-13)11-3-2-7-21-9-11/h1-10H. The number of hydrogen-bond donors (Lipinski definition) is 0. The minimum atomic E-state index is -4.51. The van der Waals surface area contributed by atoms with E-state index in [0.29, 0.717) is 17.1 Å².